The minimum atomic E-state index is -0.477. The highest BCUT2D eigenvalue weighted by Crippen LogP contribution is 2.27. The predicted molar refractivity (Wildman–Crippen MR) is 111 cm³/mol. The van der Waals surface area contributed by atoms with Crippen molar-refractivity contribution < 1.29 is 14.6 Å². The van der Waals surface area contributed by atoms with E-state index < -0.39 is 6.29 Å². The summed E-state index contributed by atoms with van der Waals surface area (Å²) in [6.45, 7) is 4.17. The van der Waals surface area contributed by atoms with Crippen molar-refractivity contribution in [3.8, 4) is 11.6 Å². The maximum absolute atomic E-state index is 13.1. The maximum Gasteiger partial charge on any atom is 0.265 e. The first kappa shape index (κ1) is 19.8. The zero-order valence-electron chi connectivity index (χ0n) is 16.5. The van der Waals surface area contributed by atoms with Crippen molar-refractivity contribution in [2.75, 3.05) is 20.8 Å². The molecule has 0 fully saturated rings. The third-order valence-corrected chi connectivity index (χ3v) is 4.70. The maximum atomic E-state index is 13.1. The number of rotatable bonds is 6. The second kappa shape index (κ2) is 8.37. The zero-order chi connectivity index (χ0) is 20.3. The van der Waals surface area contributed by atoms with Gasteiger partial charge in [0.25, 0.3) is 5.56 Å². The highest BCUT2D eigenvalue weighted by atomic mass is 16.7. The summed E-state index contributed by atoms with van der Waals surface area (Å²) >= 11 is 0. The summed E-state index contributed by atoms with van der Waals surface area (Å²) in [5.41, 5.74) is 2.82. The fraction of sp³-hybridized carbons (Fsp3) is 0.273. The second-order valence-electron chi connectivity index (χ2n) is 6.61. The number of benzene rings is 2. The molecule has 146 valence electrons. The Kier molecular flexibility index (Phi) is 5.92. The first-order valence-electron chi connectivity index (χ1n) is 8.97. The summed E-state index contributed by atoms with van der Waals surface area (Å²) in [4.78, 5) is 17.5. The van der Waals surface area contributed by atoms with Gasteiger partial charge >= 0.3 is 0 Å². The van der Waals surface area contributed by atoms with E-state index in [4.69, 9.17) is 9.47 Å². The first-order valence-corrected chi connectivity index (χ1v) is 8.97. The Labute approximate surface area is 163 Å². The molecule has 1 N–H and O–H groups in total. The van der Waals surface area contributed by atoms with Crippen molar-refractivity contribution in [1.29, 1.82) is 0 Å². The lowest BCUT2D eigenvalue weighted by Gasteiger charge is -2.16. The molecule has 0 aliphatic carbocycles. The van der Waals surface area contributed by atoms with Crippen molar-refractivity contribution in [2.24, 2.45) is 4.99 Å². The Hall–Kier alpha value is -2.96. The van der Waals surface area contributed by atoms with Gasteiger partial charge < -0.3 is 14.6 Å². The molecule has 0 saturated carbocycles. The van der Waals surface area contributed by atoms with Crippen LogP contribution in [0.5, 0.6) is 5.88 Å². The molecule has 0 aliphatic heterocycles. The topological polar surface area (TPSA) is 73.0 Å². The zero-order valence-corrected chi connectivity index (χ0v) is 16.5. The summed E-state index contributed by atoms with van der Waals surface area (Å²) in [6.07, 6.45) is 1.08. The van der Waals surface area contributed by atoms with E-state index in [9.17, 15) is 9.90 Å². The quantitative estimate of drug-likeness (QED) is 0.526. The fourth-order valence-electron chi connectivity index (χ4n) is 3.24. The molecular formula is C22H24N2O4. The van der Waals surface area contributed by atoms with Crippen molar-refractivity contribution in [1.82, 2.24) is 4.57 Å². The summed E-state index contributed by atoms with van der Waals surface area (Å²) in [5, 5.41) is 12.2. The van der Waals surface area contributed by atoms with Crippen LogP contribution >= 0.6 is 0 Å². The number of ether oxygens (including phenoxy) is 2. The van der Waals surface area contributed by atoms with Crippen LogP contribution in [0, 0.1) is 13.8 Å². The average Bonchev–Trinajstić information content (AvgIpc) is 2.69. The largest absolute Gasteiger partial charge is 0.494 e. The highest BCUT2D eigenvalue weighted by Gasteiger charge is 2.17. The van der Waals surface area contributed by atoms with Gasteiger partial charge in [-0.3, -0.25) is 9.79 Å². The number of methoxy groups -OCH3 is 2. The Morgan fingerprint density at radius 2 is 1.79 bits per heavy atom. The minimum absolute atomic E-state index is 0.147. The van der Waals surface area contributed by atoms with Gasteiger partial charge in [-0.25, -0.2) is 4.57 Å². The highest BCUT2D eigenvalue weighted by molar-refractivity contribution is 6.01. The van der Waals surface area contributed by atoms with E-state index in [0.717, 1.165) is 11.1 Å². The van der Waals surface area contributed by atoms with Crippen LogP contribution in [-0.4, -0.2) is 42.9 Å². The van der Waals surface area contributed by atoms with Crippen LogP contribution in [0.2, 0.25) is 0 Å². The predicted octanol–water partition coefficient (Wildman–Crippen LogP) is 3.35. The number of hydrogen-bond acceptors (Lipinski definition) is 5. The summed E-state index contributed by atoms with van der Waals surface area (Å²) in [7, 11) is 3.08. The molecule has 1 aromatic heterocycles. The number of aryl methyl sites for hydroxylation is 2. The Morgan fingerprint density at radius 3 is 2.43 bits per heavy atom. The van der Waals surface area contributed by atoms with Crippen LogP contribution in [0.25, 0.3) is 16.5 Å². The van der Waals surface area contributed by atoms with Crippen LogP contribution in [-0.2, 0) is 9.47 Å². The van der Waals surface area contributed by atoms with Gasteiger partial charge in [0.15, 0.2) is 6.29 Å². The SMILES string of the molecule is COC(CN=Cc1c(O)n(-c2ccc(C)cc2C)c(=O)c2ccccc12)OC. The number of aromatic hydroxyl groups is 1. The molecule has 0 unspecified atom stereocenters. The minimum Gasteiger partial charge on any atom is -0.494 e. The lowest BCUT2D eigenvalue weighted by atomic mass is 10.1. The molecule has 3 rings (SSSR count). The molecular weight excluding hydrogens is 356 g/mol. The van der Waals surface area contributed by atoms with E-state index >= 15 is 0 Å². The van der Waals surface area contributed by atoms with E-state index in [-0.39, 0.29) is 18.0 Å². The molecule has 0 aliphatic rings. The molecule has 0 amide bonds. The summed E-state index contributed by atoms with van der Waals surface area (Å²) < 4.78 is 11.6. The van der Waals surface area contributed by atoms with Crippen molar-refractivity contribution in [3.05, 3.63) is 69.5 Å². The number of fused-ring (bicyclic) bond motifs is 1. The van der Waals surface area contributed by atoms with E-state index in [1.165, 1.54) is 18.8 Å². The lowest BCUT2D eigenvalue weighted by molar-refractivity contribution is -0.0936. The average molecular weight is 380 g/mol. The Balaban J connectivity index is 2.23. The van der Waals surface area contributed by atoms with E-state index in [2.05, 4.69) is 4.99 Å². The van der Waals surface area contributed by atoms with Gasteiger partial charge in [0.2, 0.25) is 5.88 Å². The van der Waals surface area contributed by atoms with E-state index in [1.54, 1.807) is 24.4 Å². The number of aliphatic imine (C=N–C) groups is 1. The standard InChI is InChI=1S/C22H24N2O4/c1-14-9-10-19(15(2)11-14)24-21(25)17-8-6-5-7-16(17)18(22(24)26)12-23-13-20(27-3)28-4/h5-12,20,26H,13H2,1-4H3. The molecule has 3 aromatic rings. The van der Waals surface area contributed by atoms with E-state index in [1.807, 2.05) is 38.1 Å². The molecule has 2 aromatic carbocycles. The van der Waals surface area contributed by atoms with Crippen LogP contribution < -0.4 is 5.56 Å². The van der Waals surface area contributed by atoms with Gasteiger partial charge in [0, 0.05) is 31.2 Å². The van der Waals surface area contributed by atoms with Gasteiger partial charge in [-0.15, -0.1) is 0 Å². The van der Waals surface area contributed by atoms with Crippen LogP contribution in [0.15, 0.2) is 52.3 Å². The smallest absolute Gasteiger partial charge is 0.265 e. The first-order chi connectivity index (χ1) is 13.5. The van der Waals surface area contributed by atoms with Gasteiger partial charge in [-0.2, -0.15) is 0 Å². The number of aromatic nitrogens is 1. The molecule has 0 atom stereocenters. The van der Waals surface area contributed by atoms with Gasteiger partial charge in [-0.05, 0) is 31.5 Å². The van der Waals surface area contributed by atoms with Crippen molar-refractivity contribution in [2.45, 2.75) is 20.1 Å². The van der Waals surface area contributed by atoms with E-state index in [0.29, 0.717) is 22.0 Å². The fourth-order valence-corrected chi connectivity index (χ4v) is 3.24. The number of pyridine rings is 1. The van der Waals surface area contributed by atoms with Gasteiger partial charge in [0.05, 0.1) is 17.8 Å². The summed E-state index contributed by atoms with van der Waals surface area (Å²) in [5.74, 6) is -0.147. The monoisotopic (exact) mass is 380 g/mol. The molecule has 1 heterocycles. The molecule has 0 radical (unpaired) electrons. The Morgan fingerprint density at radius 1 is 1.11 bits per heavy atom. The van der Waals surface area contributed by atoms with Crippen LogP contribution in [0.3, 0.4) is 0 Å². The molecule has 6 heteroatoms. The summed E-state index contributed by atoms with van der Waals surface area (Å²) in [6, 6.07) is 12.9. The molecule has 6 nitrogen and oxygen atoms in total. The van der Waals surface area contributed by atoms with Gasteiger partial charge in [0.1, 0.15) is 0 Å². The lowest BCUT2D eigenvalue weighted by Crippen LogP contribution is -2.21. The van der Waals surface area contributed by atoms with Crippen LogP contribution in [0.4, 0.5) is 0 Å². The Bertz CT molecular complexity index is 1080. The number of hydrogen-bond donors (Lipinski definition) is 1. The van der Waals surface area contributed by atoms with Crippen molar-refractivity contribution >= 4 is 17.0 Å². The van der Waals surface area contributed by atoms with Crippen LogP contribution in [0.1, 0.15) is 16.7 Å². The number of nitrogens with zero attached hydrogens (tertiary/aromatic N) is 2. The second-order valence-corrected chi connectivity index (χ2v) is 6.61. The van der Waals surface area contributed by atoms with Gasteiger partial charge in [-0.1, -0.05) is 35.9 Å². The molecule has 0 spiro atoms. The third-order valence-electron chi connectivity index (χ3n) is 4.70. The molecule has 28 heavy (non-hydrogen) atoms. The third kappa shape index (κ3) is 3.69. The molecule has 0 bridgehead atoms. The normalized spacial score (nSPS) is 11.8. The molecule has 0 saturated heterocycles. The van der Waals surface area contributed by atoms with Crippen molar-refractivity contribution in [3.63, 3.8) is 0 Å².